The van der Waals surface area contributed by atoms with Crippen LogP contribution in [0.5, 0.6) is 5.75 Å². The van der Waals surface area contributed by atoms with Crippen molar-refractivity contribution < 1.29 is 14.6 Å². The van der Waals surface area contributed by atoms with Crippen molar-refractivity contribution in [1.82, 2.24) is 4.98 Å². The molecule has 1 unspecified atom stereocenters. The maximum atomic E-state index is 10.7. The Morgan fingerprint density at radius 1 is 1.42 bits per heavy atom. The quantitative estimate of drug-likeness (QED) is 0.911. The summed E-state index contributed by atoms with van der Waals surface area (Å²) in [6.07, 6.45) is 0. The number of aromatic nitrogens is 1. The minimum absolute atomic E-state index is 0.172. The van der Waals surface area contributed by atoms with E-state index in [0.717, 1.165) is 16.3 Å². The first kappa shape index (κ1) is 13.5. The number of carbonyl (C=O) groups is 1. The van der Waals surface area contributed by atoms with Gasteiger partial charge < -0.3 is 9.84 Å². The molecule has 1 heterocycles. The molecule has 0 aliphatic heterocycles. The summed E-state index contributed by atoms with van der Waals surface area (Å²) in [6, 6.07) is 7.53. The number of benzene rings is 1. The van der Waals surface area contributed by atoms with Crippen molar-refractivity contribution in [3.05, 3.63) is 35.3 Å². The van der Waals surface area contributed by atoms with Crippen molar-refractivity contribution in [3.8, 4) is 16.3 Å². The third kappa shape index (κ3) is 3.54. The van der Waals surface area contributed by atoms with E-state index in [2.05, 4.69) is 4.98 Å². The normalized spacial score (nSPS) is 12.1. The summed E-state index contributed by atoms with van der Waals surface area (Å²) in [5.41, 5.74) is 2.05. The van der Waals surface area contributed by atoms with Crippen molar-refractivity contribution in [2.45, 2.75) is 13.8 Å². The maximum Gasteiger partial charge on any atom is 0.309 e. The molecule has 0 bridgehead atoms. The number of rotatable bonds is 5. The average Bonchev–Trinajstić information content (AvgIpc) is 2.83. The van der Waals surface area contributed by atoms with Crippen LogP contribution in [-0.4, -0.2) is 22.7 Å². The molecule has 2 rings (SSSR count). The Kier molecular flexibility index (Phi) is 4.16. The molecule has 5 heteroatoms. The van der Waals surface area contributed by atoms with E-state index in [0.29, 0.717) is 5.75 Å². The van der Waals surface area contributed by atoms with Gasteiger partial charge in [-0.15, -0.1) is 11.3 Å². The highest BCUT2D eigenvalue weighted by molar-refractivity contribution is 7.13. The summed E-state index contributed by atoms with van der Waals surface area (Å²) in [4.78, 5) is 15.1. The monoisotopic (exact) mass is 277 g/mol. The maximum absolute atomic E-state index is 10.7. The summed E-state index contributed by atoms with van der Waals surface area (Å²) in [7, 11) is 0. The van der Waals surface area contributed by atoms with Crippen LogP contribution in [0.25, 0.3) is 10.6 Å². The molecular weight excluding hydrogens is 262 g/mol. The van der Waals surface area contributed by atoms with Crippen LogP contribution in [0.4, 0.5) is 0 Å². The highest BCUT2D eigenvalue weighted by atomic mass is 32.1. The van der Waals surface area contributed by atoms with E-state index in [9.17, 15) is 4.79 Å². The van der Waals surface area contributed by atoms with Gasteiger partial charge in [-0.25, -0.2) is 4.98 Å². The van der Waals surface area contributed by atoms with Crippen molar-refractivity contribution in [1.29, 1.82) is 0 Å². The zero-order valence-corrected chi connectivity index (χ0v) is 11.6. The van der Waals surface area contributed by atoms with Gasteiger partial charge >= 0.3 is 5.97 Å². The zero-order valence-electron chi connectivity index (χ0n) is 10.8. The van der Waals surface area contributed by atoms with E-state index in [1.54, 1.807) is 18.3 Å². The van der Waals surface area contributed by atoms with Crippen LogP contribution in [0.2, 0.25) is 0 Å². The molecule has 1 aromatic carbocycles. The summed E-state index contributed by atoms with van der Waals surface area (Å²) >= 11 is 1.60. The standard InChI is InChI=1S/C14H15NO3S/c1-9(14(16)17)7-18-12-5-3-11(4-6-12)13-15-10(2)8-19-13/h3-6,8-9H,7H2,1-2H3,(H,16,17). The number of carboxylic acid groups (broad SMARTS) is 1. The molecule has 1 aromatic heterocycles. The number of hydrogen-bond donors (Lipinski definition) is 1. The number of nitrogens with zero attached hydrogens (tertiary/aromatic N) is 1. The number of hydrogen-bond acceptors (Lipinski definition) is 4. The van der Waals surface area contributed by atoms with Gasteiger partial charge in [-0.3, -0.25) is 4.79 Å². The van der Waals surface area contributed by atoms with E-state index >= 15 is 0 Å². The van der Waals surface area contributed by atoms with Crippen molar-refractivity contribution >= 4 is 17.3 Å². The lowest BCUT2D eigenvalue weighted by Gasteiger charge is -2.09. The lowest BCUT2D eigenvalue weighted by Crippen LogP contribution is -2.17. The second-order valence-electron chi connectivity index (χ2n) is 4.37. The molecule has 2 aromatic rings. The lowest BCUT2D eigenvalue weighted by molar-refractivity contribution is -0.142. The van der Waals surface area contributed by atoms with Crippen LogP contribution in [-0.2, 0) is 4.79 Å². The Labute approximate surface area is 115 Å². The first-order chi connectivity index (χ1) is 9.06. The summed E-state index contributed by atoms with van der Waals surface area (Å²) in [5.74, 6) is -0.693. The topological polar surface area (TPSA) is 59.4 Å². The number of aliphatic carboxylic acids is 1. The van der Waals surface area contributed by atoms with Gasteiger partial charge in [0.1, 0.15) is 17.4 Å². The summed E-state index contributed by atoms with van der Waals surface area (Å²) in [5, 5.41) is 11.8. The molecule has 0 amide bonds. The Balaban J connectivity index is 2.01. The minimum Gasteiger partial charge on any atom is -0.493 e. The Morgan fingerprint density at radius 2 is 2.11 bits per heavy atom. The van der Waals surface area contributed by atoms with Crippen LogP contribution in [0.3, 0.4) is 0 Å². The lowest BCUT2D eigenvalue weighted by atomic mass is 10.2. The van der Waals surface area contributed by atoms with Gasteiger partial charge in [0.2, 0.25) is 0 Å². The third-order valence-corrected chi connectivity index (χ3v) is 3.65. The first-order valence-electron chi connectivity index (χ1n) is 5.94. The van der Waals surface area contributed by atoms with Gasteiger partial charge in [-0.2, -0.15) is 0 Å². The Hall–Kier alpha value is -1.88. The van der Waals surface area contributed by atoms with Gasteiger partial charge in [-0.05, 0) is 38.1 Å². The average molecular weight is 277 g/mol. The van der Waals surface area contributed by atoms with Crippen LogP contribution >= 0.6 is 11.3 Å². The predicted molar refractivity (Wildman–Crippen MR) is 74.6 cm³/mol. The van der Waals surface area contributed by atoms with Gasteiger partial charge in [0.15, 0.2) is 0 Å². The SMILES string of the molecule is Cc1csc(-c2ccc(OCC(C)C(=O)O)cc2)n1. The molecule has 0 fully saturated rings. The number of carboxylic acids is 1. The van der Waals surface area contributed by atoms with Crippen LogP contribution in [0, 0.1) is 12.8 Å². The van der Waals surface area contributed by atoms with E-state index in [1.807, 2.05) is 36.6 Å². The van der Waals surface area contributed by atoms with Crippen molar-refractivity contribution in [2.24, 2.45) is 5.92 Å². The largest absolute Gasteiger partial charge is 0.493 e. The minimum atomic E-state index is -0.852. The molecule has 0 saturated heterocycles. The molecule has 0 spiro atoms. The van der Waals surface area contributed by atoms with Crippen molar-refractivity contribution in [3.63, 3.8) is 0 Å². The molecule has 0 aliphatic rings. The van der Waals surface area contributed by atoms with Crippen LogP contribution in [0.1, 0.15) is 12.6 Å². The molecular formula is C14H15NO3S. The fourth-order valence-corrected chi connectivity index (χ4v) is 2.28. The van der Waals surface area contributed by atoms with Gasteiger partial charge in [0.05, 0.1) is 5.92 Å². The van der Waals surface area contributed by atoms with E-state index in [-0.39, 0.29) is 6.61 Å². The number of ether oxygens (including phenoxy) is 1. The Bertz CT molecular complexity index is 562. The number of aryl methyl sites for hydroxylation is 1. The molecule has 4 nitrogen and oxygen atoms in total. The highest BCUT2D eigenvalue weighted by Crippen LogP contribution is 2.25. The van der Waals surface area contributed by atoms with Gasteiger partial charge in [-0.1, -0.05) is 0 Å². The fourth-order valence-electron chi connectivity index (χ4n) is 1.47. The molecule has 0 saturated carbocycles. The molecule has 1 N–H and O–H groups in total. The molecule has 0 aliphatic carbocycles. The van der Waals surface area contributed by atoms with E-state index in [1.165, 1.54) is 0 Å². The third-order valence-electron chi connectivity index (χ3n) is 2.64. The second kappa shape index (κ2) is 5.84. The van der Waals surface area contributed by atoms with Gasteiger partial charge in [0, 0.05) is 16.6 Å². The fraction of sp³-hybridized carbons (Fsp3) is 0.286. The van der Waals surface area contributed by atoms with E-state index < -0.39 is 11.9 Å². The Morgan fingerprint density at radius 3 is 2.63 bits per heavy atom. The molecule has 19 heavy (non-hydrogen) atoms. The molecule has 0 radical (unpaired) electrons. The van der Waals surface area contributed by atoms with Gasteiger partial charge in [0.25, 0.3) is 0 Å². The summed E-state index contributed by atoms with van der Waals surface area (Å²) < 4.78 is 5.43. The van der Waals surface area contributed by atoms with Crippen LogP contribution in [0.15, 0.2) is 29.6 Å². The van der Waals surface area contributed by atoms with Crippen molar-refractivity contribution in [2.75, 3.05) is 6.61 Å². The zero-order chi connectivity index (χ0) is 13.8. The summed E-state index contributed by atoms with van der Waals surface area (Å²) in [6.45, 7) is 3.75. The van der Waals surface area contributed by atoms with E-state index in [4.69, 9.17) is 9.84 Å². The van der Waals surface area contributed by atoms with Crippen LogP contribution < -0.4 is 4.74 Å². The smallest absolute Gasteiger partial charge is 0.309 e. The molecule has 100 valence electrons. The molecule has 1 atom stereocenters. The highest BCUT2D eigenvalue weighted by Gasteiger charge is 2.11. The number of thiazole rings is 1. The second-order valence-corrected chi connectivity index (χ2v) is 5.23. The predicted octanol–water partition coefficient (Wildman–Crippen LogP) is 3.22. The first-order valence-corrected chi connectivity index (χ1v) is 6.82.